The van der Waals surface area contributed by atoms with E-state index < -0.39 is 5.54 Å². The average Bonchev–Trinajstić information content (AvgIpc) is 2.75. The molecular formula is C13H14FN3O. The standard InChI is InChI=1S/C13H14FN3O/c1-8-7-9(14)3-4-10(8)11-16-12(18-17-11)13(15)5-2-6-13/h3-4,7H,2,5-6,15H2,1H3. The molecule has 1 aromatic carbocycles. The first-order valence-corrected chi connectivity index (χ1v) is 5.98. The molecule has 1 saturated carbocycles. The summed E-state index contributed by atoms with van der Waals surface area (Å²) in [7, 11) is 0. The van der Waals surface area contributed by atoms with Crippen molar-refractivity contribution in [3.05, 3.63) is 35.5 Å². The molecule has 0 radical (unpaired) electrons. The van der Waals surface area contributed by atoms with E-state index in [-0.39, 0.29) is 5.82 Å². The van der Waals surface area contributed by atoms with Crippen molar-refractivity contribution in [3.8, 4) is 11.4 Å². The van der Waals surface area contributed by atoms with Crippen molar-refractivity contribution in [2.24, 2.45) is 5.73 Å². The lowest BCUT2D eigenvalue weighted by Gasteiger charge is -2.33. The van der Waals surface area contributed by atoms with Crippen LogP contribution < -0.4 is 5.73 Å². The second-order valence-electron chi connectivity index (χ2n) is 4.89. The van der Waals surface area contributed by atoms with E-state index in [1.165, 1.54) is 12.1 Å². The van der Waals surface area contributed by atoms with E-state index in [1.54, 1.807) is 6.07 Å². The molecular weight excluding hydrogens is 233 g/mol. The van der Waals surface area contributed by atoms with E-state index in [1.807, 2.05) is 6.92 Å². The Morgan fingerprint density at radius 1 is 1.39 bits per heavy atom. The number of aryl methyl sites for hydroxylation is 1. The topological polar surface area (TPSA) is 64.9 Å². The molecule has 94 valence electrons. The van der Waals surface area contributed by atoms with Crippen LogP contribution in [0.25, 0.3) is 11.4 Å². The number of halogens is 1. The van der Waals surface area contributed by atoms with Crippen molar-refractivity contribution in [2.75, 3.05) is 0 Å². The summed E-state index contributed by atoms with van der Waals surface area (Å²) in [5.41, 5.74) is 7.21. The second kappa shape index (κ2) is 3.88. The molecule has 0 unspecified atom stereocenters. The van der Waals surface area contributed by atoms with Crippen molar-refractivity contribution in [3.63, 3.8) is 0 Å². The van der Waals surface area contributed by atoms with Crippen LogP contribution in [0.15, 0.2) is 22.7 Å². The lowest BCUT2D eigenvalue weighted by molar-refractivity contribution is 0.181. The predicted molar refractivity (Wildman–Crippen MR) is 64.1 cm³/mol. The molecule has 1 aromatic heterocycles. The predicted octanol–water partition coefficient (Wildman–Crippen LogP) is 2.52. The first kappa shape index (κ1) is 11.3. The van der Waals surface area contributed by atoms with Gasteiger partial charge in [-0.1, -0.05) is 5.16 Å². The van der Waals surface area contributed by atoms with E-state index >= 15 is 0 Å². The van der Waals surface area contributed by atoms with Crippen LogP contribution in [-0.4, -0.2) is 10.1 Å². The monoisotopic (exact) mass is 247 g/mol. The van der Waals surface area contributed by atoms with Gasteiger partial charge in [-0.25, -0.2) is 4.39 Å². The highest BCUT2D eigenvalue weighted by Crippen LogP contribution is 2.38. The van der Waals surface area contributed by atoms with Gasteiger partial charge >= 0.3 is 0 Å². The van der Waals surface area contributed by atoms with Gasteiger partial charge in [-0.3, -0.25) is 0 Å². The Kier molecular flexibility index (Phi) is 2.45. The minimum absolute atomic E-state index is 0.269. The highest BCUT2D eigenvalue weighted by Gasteiger charge is 2.40. The summed E-state index contributed by atoms with van der Waals surface area (Å²) in [6.45, 7) is 1.82. The minimum atomic E-state index is -0.459. The molecule has 0 aliphatic heterocycles. The average molecular weight is 247 g/mol. The lowest BCUT2D eigenvalue weighted by atomic mass is 9.78. The number of benzene rings is 1. The number of rotatable bonds is 2. The van der Waals surface area contributed by atoms with Crippen LogP contribution in [-0.2, 0) is 5.54 Å². The number of hydrogen-bond donors (Lipinski definition) is 1. The zero-order valence-corrected chi connectivity index (χ0v) is 10.1. The summed E-state index contributed by atoms with van der Waals surface area (Å²) in [6.07, 6.45) is 2.83. The molecule has 1 heterocycles. The van der Waals surface area contributed by atoms with Crippen LogP contribution in [0.3, 0.4) is 0 Å². The molecule has 0 saturated heterocycles. The van der Waals surface area contributed by atoms with Gasteiger partial charge in [0.15, 0.2) is 0 Å². The second-order valence-corrected chi connectivity index (χ2v) is 4.89. The molecule has 1 aliphatic carbocycles. The summed E-state index contributed by atoms with van der Waals surface area (Å²) >= 11 is 0. The van der Waals surface area contributed by atoms with Gasteiger partial charge in [-0.15, -0.1) is 0 Å². The van der Waals surface area contributed by atoms with Gasteiger partial charge in [0.25, 0.3) is 0 Å². The van der Waals surface area contributed by atoms with Crippen LogP contribution in [0, 0.1) is 12.7 Å². The fourth-order valence-corrected chi connectivity index (χ4v) is 2.18. The first-order chi connectivity index (χ1) is 8.58. The fraction of sp³-hybridized carbons (Fsp3) is 0.385. The zero-order chi connectivity index (χ0) is 12.8. The Morgan fingerprint density at radius 2 is 2.17 bits per heavy atom. The van der Waals surface area contributed by atoms with Crippen molar-refractivity contribution in [1.82, 2.24) is 10.1 Å². The van der Waals surface area contributed by atoms with Gasteiger partial charge in [-0.05, 0) is 49.9 Å². The number of aromatic nitrogens is 2. The normalized spacial score (nSPS) is 17.5. The molecule has 2 aromatic rings. The van der Waals surface area contributed by atoms with E-state index in [2.05, 4.69) is 10.1 Å². The van der Waals surface area contributed by atoms with Crippen LogP contribution in [0.5, 0.6) is 0 Å². The van der Waals surface area contributed by atoms with Crippen molar-refractivity contribution < 1.29 is 8.91 Å². The summed E-state index contributed by atoms with van der Waals surface area (Å²) in [6, 6.07) is 4.50. The van der Waals surface area contributed by atoms with Gasteiger partial charge in [0.2, 0.25) is 11.7 Å². The fourth-order valence-electron chi connectivity index (χ4n) is 2.18. The van der Waals surface area contributed by atoms with Crippen molar-refractivity contribution >= 4 is 0 Å². The van der Waals surface area contributed by atoms with E-state index in [0.29, 0.717) is 11.7 Å². The summed E-state index contributed by atoms with van der Waals surface area (Å²) < 4.78 is 18.3. The quantitative estimate of drug-likeness (QED) is 0.885. The molecule has 0 bridgehead atoms. The Hall–Kier alpha value is -1.75. The maximum Gasteiger partial charge on any atom is 0.247 e. The zero-order valence-electron chi connectivity index (χ0n) is 10.1. The van der Waals surface area contributed by atoms with Gasteiger partial charge in [0, 0.05) is 5.56 Å². The lowest BCUT2D eigenvalue weighted by Crippen LogP contribution is -2.43. The molecule has 5 heteroatoms. The third-order valence-corrected chi connectivity index (χ3v) is 3.53. The smallest absolute Gasteiger partial charge is 0.247 e. The minimum Gasteiger partial charge on any atom is -0.337 e. The summed E-state index contributed by atoms with van der Waals surface area (Å²) in [4.78, 5) is 4.34. The van der Waals surface area contributed by atoms with E-state index in [0.717, 1.165) is 30.4 Å². The maximum absolute atomic E-state index is 13.0. The number of hydrogen-bond acceptors (Lipinski definition) is 4. The van der Waals surface area contributed by atoms with Crippen molar-refractivity contribution in [1.29, 1.82) is 0 Å². The van der Waals surface area contributed by atoms with Crippen LogP contribution >= 0.6 is 0 Å². The SMILES string of the molecule is Cc1cc(F)ccc1-c1noc(C2(N)CCC2)n1. The van der Waals surface area contributed by atoms with E-state index in [9.17, 15) is 4.39 Å². The maximum atomic E-state index is 13.0. The van der Waals surface area contributed by atoms with Crippen LogP contribution in [0.2, 0.25) is 0 Å². The Balaban J connectivity index is 1.97. The molecule has 18 heavy (non-hydrogen) atoms. The number of nitrogens with two attached hydrogens (primary N) is 1. The molecule has 2 N–H and O–H groups in total. The van der Waals surface area contributed by atoms with Gasteiger partial charge < -0.3 is 10.3 Å². The Bertz CT molecular complexity index is 590. The van der Waals surface area contributed by atoms with Gasteiger partial charge in [-0.2, -0.15) is 4.98 Å². The van der Waals surface area contributed by atoms with E-state index in [4.69, 9.17) is 10.3 Å². The van der Waals surface area contributed by atoms with Gasteiger partial charge in [0.05, 0.1) is 5.54 Å². The molecule has 3 rings (SSSR count). The largest absolute Gasteiger partial charge is 0.337 e. The van der Waals surface area contributed by atoms with Gasteiger partial charge in [0.1, 0.15) is 5.82 Å². The Labute approximate surface area is 104 Å². The Morgan fingerprint density at radius 3 is 2.78 bits per heavy atom. The molecule has 0 atom stereocenters. The summed E-state index contributed by atoms with van der Waals surface area (Å²) in [5, 5.41) is 3.94. The first-order valence-electron chi connectivity index (χ1n) is 5.98. The molecule has 1 aliphatic rings. The molecule has 0 amide bonds. The number of nitrogens with zero attached hydrogens (tertiary/aromatic N) is 2. The highest BCUT2D eigenvalue weighted by molar-refractivity contribution is 5.59. The molecule has 4 nitrogen and oxygen atoms in total. The third-order valence-electron chi connectivity index (χ3n) is 3.53. The molecule has 1 fully saturated rings. The van der Waals surface area contributed by atoms with Crippen LogP contribution in [0.4, 0.5) is 4.39 Å². The third kappa shape index (κ3) is 1.71. The van der Waals surface area contributed by atoms with Crippen molar-refractivity contribution in [2.45, 2.75) is 31.7 Å². The summed E-state index contributed by atoms with van der Waals surface area (Å²) in [5.74, 6) is 0.681. The highest BCUT2D eigenvalue weighted by atomic mass is 19.1. The molecule has 0 spiro atoms. The van der Waals surface area contributed by atoms with Crippen LogP contribution in [0.1, 0.15) is 30.7 Å².